The van der Waals surface area contributed by atoms with E-state index in [-0.39, 0.29) is 5.60 Å². The van der Waals surface area contributed by atoms with Gasteiger partial charge in [-0.1, -0.05) is 0 Å². The molecule has 20 heavy (non-hydrogen) atoms. The second-order valence-electron chi connectivity index (χ2n) is 5.80. The van der Waals surface area contributed by atoms with E-state index in [4.69, 9.17) is 4.74 Å². The first-order valence-electron chi connectivity index (χ1n) is 7.49. The van der Waals surface area contributed by atoms with Crippen LogP contribution in [0.1, 0.15) is 44.0 Å². The zero-order valence-corrected chi connectivity index (χ0v) is 14.6. The number of nitrogens with one attached hydrogen (secondary N) is 1. The fourth-order valence-corrected chi connectivity index (χ4v) is 3.53. The monoisotopic (exact) mass is 343 g/mol. The molecule has 0 aliphatic heterocycles. The van der Waals surface area contributed by atoms with Crippen LogP contribution >= 0.6 is 15.9 Å². The molecule has 1 aliphatic rings. The number of methoxy groups -OCH3 is 1. The summed E-state index contributed by atoms with van der Waals surface area (Å²) in [6.07, 6.45) is 5.72. The van der Waals surface area contributed by atoms with Crippen molar-refractivity contribution >= 4 is 15.9 Å². The maximum atomic E-state index is 5.76. The van der Waals surface area contributed by atoms with E-state index in [9.17, 15) is 0 Å². The number of halogens is 1. The molecule has 1 aromatic heterocycles. The van der Waals surface area contributed by atoms with E-state index in [0.717, 1.165) is 29.6 Å². The third-order valence-electron chi connectivity index (χ3n) is 4.62. The number of nitrogens with zero attached hydrogens (tertiary/aromatic N) is 2. The molecule has 1 aliphatic carbocycles. The van der Waals surface area contributed by atoms with Crippen LogP contribution in [-0.2, 0) is 17.7 Å². The van der Waals surface area contributed by atoms with Gasteiger partial charge in [0, 0.05) is 26.1 Å². The van der Waals surface area contributed by atoms with Gasteiger partial charge in [0.05, 0.1) is 21.5 Å². The first kappa shape index (κ1) is 16.0. The molecule has 0 spiro atoms. The summed E-state index contributed by atoms with van der Waals surface area (Å²) in [5.74, 6) is 0. The van der Waals surface area contributed by atoms with Gasteiger partial charge in [-0.15, -0.1) is 0 Å². The second kappa shape index (κ2) is 6.58. The molecule has 1 heterocycles. The number of ether oxygens (including phenoxy) is 1. The molecular weight excluding hydrogens is 318 g/mol. The lowest BCUT2D eigenvalue weighted by molar-refractivity contribution is -0.0831. The van der Waals surface area contributed by atoms with Crippen molar-refractivity contribution in [2.24, 2.45) is 0 Å². The first-order valence-corrected chi connectivity index (χ1v) is 8.28. The molecule has 0 saturated heterocycles. The molecule has 0 bridgehead atoms. The maximum Gasteiger partial charge on any atom is 0.0738 e. The fourth-order valence-electron chi connectivity index (χ4n) is 3.09. The van der Waals surface area contributed by atoms with Gasteiger partial charge in [-0.3, -0.25) is 4.68 Å². The molecule has 4 nitrogen and oxygen atoms in total. The number of aromatic nitrogens is 2. The molecule has 2 rings (SSSR count). The lowest BCUT2D eigenvalue weighted by Crippen LogP contribution is -2.46. The number of hydrogen-bond donors (Lipinski definition) is 1. The quantitative estimate of drug-likeness (QED) is 0.826. The average molecular weight is 344 g/mol. The minimum atomic E-state index is 0.103. The number of rotatable bonds is 7. The van der Waals surface area contributed by atoms with E-state index in [1.165, 1.54) is 25.0 Å². The van der Waals surface area contributed by atoms with Gasteiger partial charge in [0.15, 0.2) is 0 Å². The van der Waals surface area contributed by atoms with Gasteiger partial charge in [-0.05, 0) is 62.5 Å². The Morgan fingerprint density at radius 3 is 2.65 bits per heavy atom. The summed E-state index contributed by atoms with van der Waals surface area (Å²) in [5, 5.41) is 8.03. The Labute approximate surface area is 130 Å². The van der Waals surface area contributed by atoms with Crippen LogP contribution in [0.25, 0.3) is 0 Å². The van der Waals surface area contributed by atoms with Crippen molar-refractivity contribution in [2.75, 3.05) is 14.2 Å². The highest BCUT2D eigenvalue weighted by Crippen LogP contribution is 2.39. The summed E-state index contributed by atoms with van der Waals surface area (Å²) < 4.78 is 9.02. The minimum Gasteiger partial charge on any atom is -0.378 e. The standard InChI is InChI=1S/C15H26BrN3O/c1-5-19-13(14(16)11(2)18-19)9-12(17-3)10-15(20-4)7-6-8-15/h12,17H,5-10H2,1-4H3. The summed E-state index contributed by atoms with van der Waals surface area (Å²) in [7, 11) is 3.89. The number of hydrogen-bond acceptors (Lipinski definition) is 3. The highest BCUT2D eigenvalue weighted by Gasteiger charge is 2.39. The van der Waals surface area contributed by atoms with Crippen molar-refractivity contribution in [3.8, 4) is 0 Å². The molecule has 1 atom stereocenters. The summed E-state index contributed by atoms with van der Waals surface area (Å²) in [5.41, 5.74) is 2.46. The Bertz CT molecular complexity index is 449. The second-order valence-corrected chi connectivity index (χ2v) is 6.59. The highest BCUT2D eigenvalue weighted by atomic mass is 79.9. The van der Waals surface area contributed by atoms with E-state index in [0.29, 0.717) is 6.04 Å². The molecule has 0 aromatic carbocycles. The Balaban J connectivity index is 2.10. The van der Waals surface area contributed by atoms with Gasteiger partial charge in [0.2, 0.25) is 0 Å². The largest absolute Gasteiger partial charge is 0.378 e. The molecule has 5 heteroatoms. The Morgan fingerprint density at radius 2 is 2.20 bits per heavy atom. The van der Waals surface area contributed by atoms with Gasteiger partial charge >= 0.3 is 0 Å². The van der Waals surface area contributed by atoms with Crippen LogP contribution in [0, 0.1) is 6.92 Å². The van der Waals surface area contributed by atoms with Gasteiger partial charge in [-0.2, -0.15) is 5.10 Å². The zero-order chi connectivity index (χ0) is 14.8. The summed E-state index contributed by atoms with van der Waals surface area (Å²) in [6, 6.07) is 0.424. The molecular formula is C15H26BrN3O. The summed E-state index contributed by atoms with van der Waals surface area (Å²) in [4.78, 5) is 0. The third-order valence-corrected chi connectivity index (χ3v) is 5.65. The van der Waals surface area contributed by atoms with Gasteiger partial charge in [0.1, 0.15) is 0 Å². The van der Waals surface area contributed by atoms with Crippen molar-refractivity contribution in [3.05, 3.63) is 15.9 Å². The van der Waals surface area contributed by atoms with Crippen molar-refractivity contribution in [3.63, 3.8) is 0 Å². The fraction of sp³-hybridized carbons (Fsp3) is 0.800. The highest BCUT2D eigenvalue weighted by molar-refractivity contribution is 9.10. The van der Waals surface area contributed by atoms with Crippen LogP contribution in [-0.4, -0.2) is 35.6 Å². The van der Waals surface area contributed by atoms with Crippen LogP contribution in [0.3, 0.4) is 0 Å². The lowest BCUT2D eigenvalue weighted by Gasteiger charge is -2.42. The van der Waals surface area contributed by atoms with E-state index < -0.39 is 0 Å². The van der Waals surface area contributed by atoms with Gasteiger partial charge in [0.25, 0.3) is 0 Å². The van der Waals surface area contributed by atoms with Crippen molar-refractivity contribution in [1.82, 2.24) is 15.1 Å². The van der Waals surface area contributed by atoms with Gasteiger partial charge < -0.3 is 10.1 Å². The number of aryl methyl sites for hydroxylation is 2. The first-order chi connectivity index (χ1) is 9.55. The van der Waals surface area contributed by atoms with Crippen molar-refractivity contribution in [1.29, 1.82) is 0 Å². The number of likely N-dealkylation sites (N-methyl/N-ethyl adjacent to an activating group) is 1. The van der Waals surface area contributed by atoms with E-state index >= 15 is 0 Å². The molecule has 1 N–H and O–H groups in total. The van der Waals surface area contributed by atoms with Crippen LogP contribution in [0.5, 0.6) is 0 Å². The van der Waals surface area contributed by atoms with Crippen LogP contribution in [0.2, 0.25) is 0 Å². The predicted molar refractivity (Wildman–Crippen MR) is 85.1 cm³/mol. The average Bonchev–Trinajstić information content (AvgIpc) is 2.68. The third kappa shape index (κ3) is 3.10. The Kier molecular flexibility index (Phi) is 5.26. The van der Waals surface area contributed by atoms with Crippen molar-refractivity contribution in [2.45, 2.75) is 64.1 Å². The SMILES string of the molecule is CCn1nc(C)c(Br)c1CC(CC1(OC)CCC1)NC. The van der Waals surface area contributed by atoms with Crippen LogP contribution in [0.4, 0.5) is 0 Å². The normalized spacial score (nSPS) is 18.9. The topological polar surface area (TPSA) is 39.1 Å². The van der Waals surface area contributed by atoms with E-state index in [1.807, 2.05) is 14.2 Å². The van der Waals surface area contributed by atoms with Gasteiger partial charge in [-0.25, -0.2) is 0 Å². The van der Waals surface area contributed by atoms with Crippen LogP contribution < -0.4 is 5.32 Å². The maximum absolute atomic E-state index is 5.76. The van der Waals surface area contributed by atoms with Crippen LogP contribution in [0.15, 0.2) is 4.47 Å². The van der Waals surface area contributed by atoms with E-state index in [1.54, 1.807) is 0 Å². The molecule has 1 aromatic rings. The zero-order valence-electron chi connectivity index (χ0n) is 13.0. The minimum absolute atomic E-state index is 0.103. The molecule has 0 radical (unpaired) electrons. The Morgan fingerprint density at radius 1 is 1.50 bits per heavy atom. The van der Waals surface area contributed by atoms with E-state index in [2.05, 4.69) is 44.9 Å². The molecule has 1 unspecified atom stereocenters. The predicted octanol–water partition coefficient (Wildman–Crippen LogP) is 3.06. The lowest BCUT2D eigenvalue weighted by atomic mass is 9.75. The molecule has 114 valence electrons. The van der Waals surface area contributed by atoms with Crippen molar-refractivity contribution < 1.29 is 4.74 Å². The molecule has 0 amide bonds. The smallest absolute Gasteiger partial charge is 0.0738 e. The molecule has 1 fully saturated rings. The summed E-state index contributed by atoms with van der Waals surface area (Å²) in [6.45, 7) is 5.10. The molecule has 1 saturated carbocycles. The Hall–Kier alpha value is -0.390. The summed E-state index contributed by atoms with van der Waals surface area (Å²) >= 11 is 3.68.